The van der Waals surface area contributed by atoms with Crippen molar-refractivity contribution in [3.8, 4) is 11.5 Å². The molecule has 0 radical (unpaired) electrons. The number of anilines is 1. The highest BCUT2D eigenvalue weighted by atomic mass is 19.4. The van der Waals surface area contributed by atoms with Gasteiger partial charge in [-0.2, -0.15) is 0 Å². The zero-order chi connectivity index (χ0) is 14.6. The largest absolute Gasteiger partial charge is 0.573 e. The van der Waals surface area contributed by atoms with E-state index in [1.807, 2.05) is 0 Å². The SMILES string of the molecule is COc1ccc(NCc2cnco2)cc1OC(F)(F)F. The molecule has 0 aliphatic carbocycles. The van der Waals surface area contributed by atoms with Crippen molar-refractivity contribution in [2.45, 2.75) is 12.9 Å². The van der Waals surface area contributed by atoms with Crippen LogP contribution in [0.3, 0.4) is 0 Å². The van der Waals surface area contributed by atoms with Crippen LogP contribution >= 0.6 is 0 Å². The molecular formula is C12H11F3N2O3. The van der Waals surface area contributed by atoms with Gasteiger partial charge in [0.05, 0.1) is 19.9 Å². The first-order valence-corrected chi connectivity index (χ1v) is 5.53. The minimum absolute atomic E-state index is 0.00691. The van der Waals surface area contributed by atoms with Crippen LogP contribution in [-0.4, -0.2) is 18.5 Å². The van der Waals surface area contributed by atoms with Crippen LogP contribution in [0, 0.1) is 0 Å². The van der Waals surface area contributed by atoms with Crippen molar-refractivity contribution < 1.29 is 27.1 Å². The van der Waals surface area contributed by atoms with Crippen LogP contribution in [0.25, 0.3) is 0 Å². The normalized spacial score (nSPS) is 11.2. The van der Waals surface area contributed by atoms with Gasteiger partial charge in [-0.05, 0) is 12.1 Å². The number of ether oxygens (including phenoxy) is 2. The van der Waals surface area contributed by atoms with Crippen LogP contribution < -0.4 is 14.8 Å². The first kappa shape index (κ1) is 14.0. The summed E-state index contributed by atoms with van der Waals surface area (Å²) < 4.78 is 50.5. The third kappa shape index (κ3) is 3.81. The summed E-state index contributed by atoms with van der Waals surface area (Å²) in [7, 11) is 1.26. The second-order valence-corrected chi connectivity index (χ2v) is 3.73. The topological polar surface area (TPSA) is 56.5 Å². The van der Waals surface area contributed by atoms with Gasteiger partial charge < -0.3 is 19.2 Å². The van der Waals surface area contributed by atoms with E-state index < -0.39 is 12.1 Å². The highest BCUT2D eigenvalue weighted by Gasteiger charge is 2.32. The monoisotopic (exact) mass is 288 g/mol. The van der Waals surface area contributed by atoms with Crippen molar-refractivity contribution in [1.82, 2.24) is 4.98 Å². The van der Waals surface area contributed by atoms with Gasteiger partial charge in [0, 0.05) is 11.8 Å². The summed E-state index contributed by atoms with van der Waals surface area (Å²) in [6.45, 7) is 0.289. The Hall–Kier alpha value is -2.38. The molecule has 1 aromatic carbocycles. The highest BCUT2D eigenvalue weighted by molar-refractivity contribution is 5.54. The number of oxazole rings is 1. The number of rotatable bonds is 5. The van der Waals surface area contributed by atoms with Crippen LogP contribution in [0.15, 0.2) is 35.2 Å². The molecule has 0 amide bonds. The van der Waals surface area contributed by atoms with Crippen LogP contribution in [-0.2, 0) is 6.54 Å². The zero-order valence-electron chi connectivity index (χ0n) is 10.4. The van der Waals surface area contributed by atoms with Gasteiger partial charge in [-0.1, -0.05) is 0 Å². The van der Waals surface area contributed by atoms with Gasteiger partial charge in [0.2, 0.25) is 0 Å². The van der Waals surface area contributed by atoms with Crippen LogP contribution in [0.1, 0.15) is 5.76 Å². The lowest BCUT2D eigenvalue weighted by Crippen LogP contribution is -2.17. The maximum absolute atomic E-state index is 12.3. The van der Waals surface area contributed by atoms with Crippen LogP contribution in [0.5, 0.6) is 11.5 Å². The second-order valence-electron chi connectivity index (χ2n) is 3.73. The van der Waals surface area contributed by atoms with E-state index in [2.05, 4.69) is 15.0 Å². The van der Waals surface area contributed by atoms with Gasteiger partial charge in [-0.15, -0.1) is 13.2 Å². The molecule has 2 aromatic rings. The van der Waals surface area contributed by atoms with Crippen molar-refractivity contribution in [2.75, 3.05) is 12.4 Å². The smallest absolute Gasteiger partial charge is 0.493 e. The van der Waals surface area contributed by atoms with E-state index in [1.165, 1.54) is 31.8 Å². The van der Waals surface area contributed by atoms with E-state index in [-0.39, 0.29) is 12.3 Å². The van der Waals surface area contributed by atoms with Crippen molar-refractivity contribution in [2.24, 2.45) is 0 Å². The van der Waals surface area contributed by atoms with Crippen LogP contribution in [0.4, 0.5) is 18.9 Å². The fourth-order valence-corrected chi connectivity index (χ4v) is 1.51. The first-order chi connectivity index (χ1) is 9.48. The fourth-order valence-electron chi connectivity index (χ4n) is 1.51. The Bertz CT molecular complexity index is 556. The molecule has 0 bridgehead atoms. The number of halogens is 3. The average Bonchev–Trinajstić information content (AvgIpc) is 2.88. The van der Waals surface area contributed by atoms with Crippen molar-refractivity contribution in [1.29, 1.82) is 0 Å². The summed E-state index contributed by atoms with van der Waals surface area (Å²) in [5.74, 6) is 0.134. The number of hydrogen-bond acceptors (Lipinski definition) is 5. The maximum Gasteiger partial charge on any atom is 0.573 e. The summed E-state index contributed by atoms with van der Waals surface area (Å²) in [5, 5.41) is 2.89. The molecule has 5 nitrogen and oxygen atoms in total. The van der Waals surface area contributed by atoms with Gasteiger partial charge in [0.15, 0.2) is 17.9 Å². The molecule has 0 unspecified atom stereocenters. The van der Waals surface area contributed by atoms with Crippen LogP contribution in [0.2, 0.25) is 0 Å². The average molecular weight is 288 g/mol. The second kappa shape index (κ2) is 5.72. The molecule has 0 saturated carbocycles. The molecule has 108 valence electrons. The van der Waals surface area contributed by atoms with E-state index in [4.69, 9.17) is 9.15 Å². The van der Waals surface area contributed by atoms with Gasteiger partial charge >= 0.3 is 6.36 Å². The number of aromatic nitrogens is 1. The lowest BCUT2D eigenvalue weighted by atomic mass is 10.2. The van der Waals surface area contributed by atoms with Crippen molar-refractivity contribution in [3.05, 3.63) is 36.5 Å². The Labute approximate surface area is 112 Å². The molecule has 8 heteroatoms. The third-order valence-corrected chi connectivity index (χ3v) is 2.34. The number of nitrogens with zero attached hydrogens (tertiary/aromatic N) is 1. The maximum atomic E-state index is 12.3. The molecule has 1 aromatic heterocycles. The van der Waals surface area contributed by atoms with E-state index in [9.17, 15) is 13.2 Å². The molecule has 0 spiro atoms. The molecule has 0 atom stereocenters. The molecule has 0 aliphatic rings. The van der Waals surface area contributed by atoms with E-state index >= 15 is 0 Å². The van der Waals surface area contributed by atoms with E-state index in [1.54, 1.807) is 6.07 Å². The summed E-state index contributed by atoms with van der Waals surface area (Å²) in [6.07, 6.45) is -2.01. The molecule has 0 fully saturated rings. The standard InChI is InChI=1S/C12H11F3N2O3/c1-18-10-3-2-8(4-11(10)20-12(13,14)15)17-6-9-5-16-7-19-9/h2-5,7,17H,6H2,1H3. The Kier molecular flexibility index (Phi) is 4.02. The van der Waals surface area contributed by atoms with Crippen molar-refractivity contribution >= 4 is 5.69 Å². The summed E-state index contributed by atoms with van der Waals surface area (Å²) >= 11 is 0. The first-order valence-electron chi connectivity index (χ1n) is 5.53. The molecule has 0 saturated heterocycles. The zero-order valence-corrected chi connectivity index (χ0v) is 10.4. The molecule has 2 rings (SSSR count). The molecule has 0 aliphatic heterocycles. The quantitative estimate of drug-likeness (QED) is 0.915. The number of benzene rings is 1. The molecule has 20 heavy (non-hydrogen) atoms. The Balaban J connectivity index is 2.12. The number of hydrogen-bond donors (Lipinski definition) is 1. The summed E-state index contributed by atoms with van der Waals surface area (Å²) in [6, 6.07) is 4.14. The molecule has 1 N–H and O–H groups in total. The fraction of sp³-hybridized carbons (Fsp3) is 0.250. The van der Waals surface area contributed by atoms with Gasteiger partial charge in [-0.25, -0.2) is 4.98 Å². The molecular weight excluding hydrogens is 277 g/mol. The third-order valence-electron chi connectivity index (χ3n) is 2.34. The highest BCUT2D eigenvalue weighted by Crippen LogP contribution is 2.34. The number of methoxy groups -OCH3 is 1. The van der Waals surface area contributed by atoms with Gasteiger partial charge in [-0.3, -0.25) is 0 Å². The number of alkyl halides is 3. The van der Waals surface area contributed by atoms with E-state index in [0.717, 1.165) is 0 Å². The Morgan fingerprint density at radius 3 is 2.70 bits per heavy atom. The minimum atomic E-state index is -4.78. The predicted octanol–water partition coefficient (Wildman–Crippen LogP) is 3.19. The lowest BCUT2D eigenvalue weighted by Gasteiger charge is -2.14. The van der Waals surface area contributed by atoms with E-state index in [0.29, 0.717) is 11.4 Å². The molecule has 1 heterocycles. The number of nitrogens with one attached hydrogen (secondary N) is 1. The summed E-state index contributed by atoms with van der Waals surface area (Å²) in [5.41, 5.74) is 0.432. The predicted molar refractivity (Wildman–Crippen MR) is 63.5 cm³/mol. The Morgan fingerprint density at radius 2 is 2.10 bits per heavy atom. The lowest BCUT2D eigenvalue weighted by molar-refractivity contribution is -0.275. The summed E-state index contributed by atoms with van der Waals surface area (Å²) in [4.78, 5) is 3.73. The minimum Gasteiger partial charge on any atom is -0.493 e. The van der Waals surface area contributed by atoms with Gasteiger partial charge in [0.1, 0.15) is 5.76 Å². The Morgan fingerprint density at radius 1 is 1.30 bits per heavy atom. The van der Waals surface area contributed by atoms with Crippen molar-refractivity contribution in [3.63, 3.8) is 0 Å². The van der Waals surface area contributed by atoms with Gasteiger partial charge in [0.25, 0.3) is 0 Å².